The van der Waals surface area contributed by atoms with E-state index in [0.29, 0.717) is 6.61 Å². The van der Waals surface area contributed by atoms with Crippen LogP contribution in [0.1, 0.15) is 20.3 Å². The third-order valence-corrected chi connectivity index (χ3v) is 1.41. The van der Waals surface area contributed by atoms with Gasteiger partial charge in [0, 0.05) is 13.6 Å². The number of hydrogen-bond acceptors (Lipinski definition) is 2. The zero-order valence-corrected chi connectivity index (χ0v) is 8.04. The van der Waals surface area contributed by atoms with Crippen LogP contribution in [0.4, 0.5) is 4.79 Å². The number of carbonyl (C=O) groups excluding carboxylic acids is 1. The van der Waals surface area contributed by atoms with Crippen LogP contribution in [0.15, 0.2) is 12.2 Å². The van der Waals surface area contributed by atoms with Gasteiger partial charge in [0.2, 0.25) is 0 Å². The minimum Gasteiger partial charge on any atom is -0.445 e. The van der Waals surface area contributed by atoms with Gasteiger partial charge in [-0.2, -0.15) is 0 Å². The Hall–Kier alpha value is -0.990. The second-order valence-corrected chi connectivity index (χ2v) is 2.57. The molecule has 0 atom stereocenters. The molecule has 12 heavy (non-hydrogen) atoms. The number of ether oxygens (including phenoxy) is 1. The van der Waals surface area contributed by atoms with Gasteiger partial charge in [-0.05, 0) is 13.3 Å². The molecule has 0 fully saturated rings. The van der Waals surface area contributed by atoms with Crippen LogP contribution in [0.3, 0.4) is 0 Å². The summed E-state index contributed by atoms with van der Waals surface area (Å²) in [7, 11) is 1.74. The molecule has 1 amide bonds. The Morgan fingerprint density at radius 3 is 2.75 bits per heavy atom. The molecule has 0 saturated heterocycles. The second-order valence-electron chi connectivity index (χ2n) is 2.57. The minimum atomic E-state index is -0.255. The topological polar surface area (TPSA) is 29.5 Å². The Bertz CT molecular complexity index is 155. The van der Waals surface area contributed by atoms with Crippen LogP contribution >= 0.6 is 0 Å². The summed E-state index contributed by atoms with van der Waals surface area (Å²) in [4.78, 5) is 12.7. The maximum atomic E-state index is 11.1. The molecule has 0 aliphatic rings. The average Bonchev–Trinajstić information content (AvgIpc) is 2.05. The van der Waals surface area contributed by atoms with Crippen LogP contribution in [0, 0.1) is 0 Å². The largest absolute Gasteiger partial charge is 0.445 e. The SMILES string of the molecule is C/C=C/COC(=O)N(C)CCC. The molecule has 0 aliphatic carbocycles. The van der Waals surface area contributed by atoms with E-state index in [4.69, 9.17) is 4.74 Å². The van der Waals surface area contributed by atoms with Crippen molar-refractivity contribution in [2.45, 2.75) is 20.3 Å². The molecule has 0 spiro atoms. The van der Waals surface area contributed by atoms with E-state index in [1.54, 1.807) is 18.0 Å². The molecule has 0 aliphatic heterocycles. The van der Waals surface area contributed by atoms with Crippen LogP contribution in [0.25, 0.3) is 0 Å². The van der Waals surface area contributed by atoms with Crippen molar-refractivity contribution in [1.82, 2.24) is 4.90 Å². The van der Waals surface area contributed by atoms with Crippen LogP contribution in [-0.2, 0) is 4.74 Å². The van der Waals surface area contributed by atoms with Gasteiger partial charge in [-0.3, -0.25) is 0 Å². The summed E-state index contributed by atoms with van der Waals surface area (Å²) >= 11 is 0. The Morgan fingerprint density at radius 1 is 1.58 bits per heavy atom. The first-order chi connectivity index (χ1) is 5.72. The van der Waals surface area contributed by atoms with Crippen LogP contribution in [0.5, 0.6) is 0 Å². The quantitative estimate of drug-likeness (QED) is 0.606. The lowest BCUT2D eigenvalue weighted by Gasteiger charge is -2.14. The maximum Gasteiger partial charge on any atom is 0.409 e. The van der Waals surface area contributed by atoms with E-state index in [1.807, 2.05) is 19.9 Å². The molecule has 0 saturated carbocycles. The van der Waals surface area contributed by atoms with E-state index in [2.05, 4.69) is 0 Å². The van der Waals surface area contributed by atoms with Gasteiger partial charge in [0.1, 0.15) is 6.61 Å². The van der Waals surface area contributed by atoms with Crippen molar-refractivity contribution >= 4 is 6.09 Å². The van der Waals surface area contributed by atoms with Gasteiger partial charge >= 0.3 is 6.09 Å². The number of allylic oxidation sites excluding steroid dienone is 1. The van der Waals surface area contributed by atoms with Crippen molar-refractivity contribution < 1.29 is 9.53 Å². The standard InChI is InChI=1S/C9H17NO2/c1-4-6-8-12-9(11)10(3)7-5-2/h4,6H,5,7-8H2,1-3H3/b6-4+. The molecule has 0 radical (unpaired) electrons. The number of nitrogens with zero attached hydrogens (tertiary/aromatic N) is 1. The molecule has 0 unspecified atom stereocenters. The highest BCUT2D eigenvalue weighted by atomic mass is 16.6. The van der Waals surface area contributed by atoms with Crippen LogP contribution in [0.2, 0.25) is 0 Å². The summed E-state index contributed by atoms with van der Waals surface area (Å²) < 4.78 is 4.90. The molecular weight excluding hydrogens is 154 g/mol. The second kappa shape index (κ2) is 6.70. The smallest absolute Gasteiger partial charge is 0.409 e. The maximum absolute atomic E-state index is 11.1. The third kappa shape index (κ3) is 4.77. The van der Waals surface area contributed by atoms with Crippen molar-refractivity contribution in [2.24, 2.45) is 0 Å². The summed E-state index contributed by atoms with van der Waals surface area (Å²) in [6, 6.07) is 0. The fraction of sp³-hybridized carbons (Fsp3) is 0.667. The zero-order valence-electron chi connectivity index (χ0n) is 8.04. The number of rotatable bonds is 4. The Balaban J connectivity index is 3.56. The molecule has 0 aromatic heterocycles. The lowest BCUT2D eigenvalue weighted by Crippen LogP contribution is -2.28. The lowest BCUT2D eigenvalue weighted by molar-refractivity contribution is 0.121. The molecule has 0 N–H and O–H groups in total. The highest BCUT2D eigenvalue weighted by molar-refractivity contribution is 5.67. The lowest BCUT2D eigenvalue weighted by atomic mass is 10.4. The Labute approximate surface area is 74.0 Å². The van der Waals surface area contributed by atoms with E-state index in [9.17, 15) is 4.79 Å². The van der Waals surface area contributed by atoms with Crippen molar-refractivity contribution in [3.63, 3.8) is 0 Å². The van der Waals surface area contributed by atoms with Gasteiger partial charge < -0.3 is 9.64 Å². The van der Waals surface area contributed by atoms with Gasteiger partial charge in [-0.15, -0.1) is 0 Å². The van der Waals surface area contributed by atoms with E-state index in [0.717, 1.165) is 13.0 Å². The highest BCUT2D eigenvalue weighted by Gasteiger charge is 2.06. The summed E-state index contributed by atoms with van der Waals surface area (Å²) in [6.45, 7) is 5.03. The average molecular weight is 171 g/mol. The normalized spacial score (nSPS) is 10.2. The van der Waals surface area contributed by atoms with Gasteiger partial charge in [-0.25, -0.2) is 4.79 Å². The summed E-state index contributed by atoms with van der Waals surface area (Å²) in [5, 5.41) is 0. The first-order valence-electron chi connectivity index (χ1n) is 4.21. The molecule has 3 heteroatoms. The molecule has 0 rings (SSSR count). The molecule has 0 bridgehead atoms. The summed E-state index contributed by atoms with van der Waals surface area (Å²) in [5.41, 5.74) is 0. The van der Waals surface area contributed by atoms with Gasteiger partial charge in [-0.1, -0.05) is 19.1 Å². The highest BCUT2D eigenvalue weighted by Crippen LogP contribution is 1.92. The Morgan fingerprint density at radius 2 is 2.25 bits per heavy atom. The zero-order chi connectivity index (χ0) is 9.40. The van der Waals surface area contributed by atoms with E-state index < -0.39 is 0 Å². The minimum absolute atomic E-state index is 0.255. The van der Waals surface area contributed by atoms with Crippen LogP contribution in [-0.4, -0.2) is 31.2 Å². The van der Waals surface area contributed by atoms with Crippen LogP contribution < -0.4 is 0 Å². The fourth-order valence-corrected chi connectivity index (χ4v) is 0.753. The van der Waals surface area contributed by atoms with Gasteiger partial charge in [0.15, 0.2) is 0 Å². The first-order valence-corrected chi connectivity index (χ1v) is 4.21. The predicted molar refractivity (Wildman–Crippen MR) is 49.1 cm³/mol. The molecular formula is C9H17NO2. The summed E-state index contributed by atoms with van der Waals surface area (Å²) in [5.74, 6) is 0. The van der Waals surface area contributed by atoms with E-state index in [-0.39, 0.29) is 6.09 Å². The number of carbonyl (C=O) groups is 1. The first kappa shape index (κ1) is 11.0. The van der Waals surface area contributed by atoms with E-state index in [1.165, 1.54) is 0 Å². The molecule has 3 nitrogen and oxygen atoms in total. The fourth-order valence-electron chi connectivity index (χ4n) is 0.753. The predicted octanol–water partition coefficient (Wildman–Crippen LogP) is 2.04. The molecule has 70 valence electrons. The van der Waals surface area contributed by atoms with Gasteiger partial charge in [0.25, 0.3) is 0 Å². The van der Waals surface area contributed by atoms with Crippen molar-refractivity contribution in [3.05, 3.63) is 12.2 Å². The van der Waals surface area contributed by atoms with Gasteiger partial charge in [0.05, 0.1) is 0 Å². The van der Waals surface area contributed by atoms with Crippen molar-refractivity contribution in [1.29, 1.82) is 0 Å². The Kier molecular flexibility index (Phi) is 6.15. The molecule has 0 heterocycles. The number of hydrogen-bond donors (Lipinski definition) is 0. The third-order valence-electron chi connectivity index (χ3n) is 1.41. The monoisotopic (exact) mass is 171 g/mol. The summed E-state index contributed by atoms with van der Waals surface area (Å²) in [6.07, 6.45) is 4.36. The number of amides is 1. The van der Waals surface area contributed by atoms with Crippen molar-refractivity contribution in [3.8, 4) is 0 Å². The molecule has 0 aromatic carbocycles. The molecule has 0 aromatic rings. The van der Waals surface area contributed by atoms with E-state index >= 15 is 0 Å². The van der Waals surface area contributed by atoms with Crippen molar-refractivity contribution in [2.75, 3.05) is 20.2 Å².